The van der Waals surface area contributed by atoms with Gasteiger partial charge in [0.2, 0.25) is 0 Å². The second kappa shape index (κ2) is 6.71. The maximum atomic E-state index is 2.08. The van der Waals surface area contributed by atoms with Crippen molar-refractivity contribution in [3.05, 3.63) is 59.7 Å². The van der Waals surface area contributed by atoms with E-state index in [1.165, 1.54) is 11.1 Å². The Morgan fingerprint density at radius 3 is 0.923 bits per heavy atom. The van der Waals surface area contributed by atoms with Crippen LogP contribution in [0.1, 0.15) is 11.1 Å². The maximum Gasteiger partial charge on any atom is 0 e. The van der Waals surface area contributed by atoms with Gasteiger partial charge in [0.05, 0.1) is 0 Å². The molecular formula is C12H14Mn-2. The minimum absolute atomic E-state index is 0. The van der Waals surface area contributed by atoms with E-state index >= 15 is 0 Å². The Labute approximate surface area is 90.8 Å². The van der Waals surface area contributed by atoms with Crippen LogP contribution >= 0.6 is 0 Å². The van der Waals surface area contributed by atoms with Gasteiger partial charge in [-0.05, 0) is 0 Å². The van der Waals surface area contributed by atoms with Crippen molar-refractivity contribution in [1.29, 1.82) is 0 Å². The first-order valence-electron chi connectivity index (χ1n) is 4.15. The predicted octanol–water partition coefficient (Wildman–Crippen LogP) is 3.43. The Bertz CT molecular complexity index is 245. The van der Waals surface area contributed by atoms with Crippen LogP contribution < -0.4 is 0 Å². The van der Waals surface area contributed by atoms with Crippen molar-refractivity contribution in [3.8, 4) is 0 Å². The van der Waals surface area contributed by atoms with E-state index in [1.54, 1.807) is 0 Å². The van der Waals surface area contributed by atoms with E-state index in [1.807, 2.05) is 24.3 Å². The molecule has 1 radical (unpaired) electrons. The van der Waals surface area contributed by atoms with Crippen LogP contribution in [-0.4, -0.2) is 0 Å². The minimum atomic E-state index is 0. The topological polar surface area (TPSA) is 0 Å². The minimum Gasteiger partial charge on any atom is -0.213 e. The number of hydrogen-bond acceptors (Lipinski definition) is 0. The molecule has 13 heavy (non-hydrogen) atoms. The first-order chi connectivity index (χ1) is 5.79. The van der Waals surface area contributed by atoms with Gasteiger partial charge in [0.25, 0.3) is 0 Å². The molecule has 0 unspecified atom stereocenters. The molecule has 0 aromatic heterocycles. The fourth-order valence-corrected chi connectivity index (χ4v) is 0.940. The number of hydrogen-bond donors (Lipinski definition) is 0. The van der Waals surface area contributed by atoms with Gasteiger partial charge in [-0.25, -0.2) is 24.3 Å². The van der Waals surface area contributed by atoms with Crippen molar-refractivity contribution in [1.82, 2.24) is 0 Å². The molecule has 0 fully saturated rings. The van der Waals surface area contributed by atoms with Gasteiger partial charge >= 0.3 is 0 Å². The van der Waals surface area contributed by atoms with Crippen LogP contribution in [0.5, 0.6) is 0 Å². The summed E-state index contributed by atoms with van der Waals surface area (Å²) >= 11 is 0. The SMILES string of the molecule is C[c-]1cccc1.C[c-]1cccc1.[Mn]. The molecule has 0 heterocycles. The van der Waals surface area contributed by atoms with E-state index < -0.39 is 0 Å². The normalized spacial score (nSPS) is 8.15. The average Bonchev–Trinajstić information content (AvgIpc) is 2.63. The summed E-state index contributed by atoms with van der Waals surface area (Å²) in [5.74, 6) is 0. The van der Waals surface area contributed by atoms with Gasteiger partial charge in [0, 0.05) is 17.1 Å². The molecule has 0 amide bonds. The average molecular weight is 213 g/mol. The summed E-state index contributed by atoms with van der Waals surface area (Å²) in [6, 6.07) is 16.5. The van der Waals surface area contributed by atoms with Crippen molar-refractivity contribution < 1.29 is 17.1 Å². The first-order valence-corrected chi connectivity index (χ1v) is 4.15. The molecule has 0 atom stereocenters. The second-order valence-electron chi connectivity index (χ2n) is 2.92. The van der Waals surface area contributed by atoms with Gasteiger partial charge < -0.3 is 0 Å². The zero-order valence-electron chi connectivity index (χ0n) is 8.00. The zero-order valence-corrected chi connectivity index (χ0v) is 9.18. The van der Waals surface area contributed by atoms with Crippen LogP contribution in [-0.2, 0) is 17.1 Å². The standard InChI is InChI=1S/2C6H7.Mn/c2*1-6-4-2-3-5-6;/h2*2-5H,1H3;/q2*-1;. The van der Waals surface area contributed by atoms with Crippen molar-refractivity contribution >= 4 is 0 Å². The fraction of sp³-hybridized carbons (Fsp3) is 0.167. The quantitative estimate of drug-likeness (QED) is 0.464. The molecule has 0 aliphatic carbocycles. The monoisotopic (exact) mass is 213 g/mol. The number of rotatable bonds is 0. The summed E-state index contributed by atoms with van der Waals surface area (Å²) in [4.78, 5) is 0. The van der Waals surface area contributed by atoms with Crippen LogP contribution in [0.25, 0.3) is 0 Å². The molecule has 0 saturated carbocycles. The summed E-state index contributed by atoms with van der Waals surface area (Å²) in [6.07, 6.45) is 0. The van der Waals surface area contributed by atoms with E-state index in [2.05, 4.69) is 38.1 Å². The Morgan fingerprint density at radius 2 is 0.846 bits per heavy atom. The van der Waals surface area contributed by atoms with E-state index in [9.17, 15) is 0 Å². The molecule has 2 aromatic carbocycles. The first kappa shape index (κ1) is 12.2. The molecule has 0 saturated heterocycles. The predicted molar refractivity (Wildman–Crippen MR) is 53.5 cm³/mol. The summed E-state index contributed by atoms with van der Waals surface area (Å²) < 4.78 is 0. The van der Waals surface area contributed by atoms with Gasteiger partial charge in [-0.15, -0.1) is 0 Å². The van der Waals surface area contributed by atoms with Crippen molar-refractivity contribution in [3.63, 3.8) is 0 Å². The van der Waals surface area contributed by atoms with Crippen LogP contribution in [0, 0.1) is 13.8 Å². The third-order valence-corrected chi connectivity index (χ3v) is 1.66. The molecule has 2 rings (SSSR count). The third-order valence-electron chi connectivity index (χ3n) is 1.66. The molecule has 0 nitrogen and oxygen atoms in total. The Hall–Kier alpha value is -0.781. The van der Waals surface area contributed by atoms with Crippen LogP contribution in [0.4, 0.5) is 0 Å². The van der Waals surface area contributed by atoms with E-state index in [-0.39, 0.29) is 17.1 Å². The van der Waals surface area contributed by atoms with Gasteiger partial charge in [-0.3, -0.25) is 0 Å². The number of aryl methyl sites for hydroxylation is 2. The molecule has 2 aromatic rings. The third kappa shape index (κ3) is 5.46. The van der Waals surface area contributed by atoms with Crippen molar-refractivity contribution in [2.45, 2.75) is 13.8 Å². The Morgan fingerprint density at radius 1 is 0.615 bits per heavy atom. The molecule has 0 N–H and O–H groups in total. The molecule has 1 heteroatoms. The molecular weight excluding hydrogens is 199 g/mol. The van der Waals surface area contributed by atoms with E-state index in [0.29, 0.717) is 0 Å². The molecule has 0 spiro atoms. The molecule has 0 aliphatic rings. The van der Waals surface area contributed by atoms with Gasteiger partial charge in [-0.1, -0.05) is 13.8 Å². The van der Waals surface area contributed by atoms with Crippen molar-refractivity contribution in [2.24, 2.45) is 0 Å². The molecule has 71 valence electrons. The van der Waals surface area contributed by atoms with E-state index in [4.69, 9.17) is 0 Å². The largest absolute Gasteiger partial charge is 0.213 e. The molecule has 0 aliphatic heterocycles. The van der Waals surface area contributed by atoms with Crippen LogP contribution in [0.15, 0.2) is 48.5 Å². The maximum absolute atomic E-state index is 2.08. The zero-order chi connectivity index (χ0) is 8.81. The smallest absolute Gasteiger partial charge is 0 e. The van der Waals surface area contributed by atoms with Gasteiger partial charge in [-0.2, -0.15) is 35.4 Å². The van der Waals surface area contributed by atoms with E-state index in [0.717, 1.165) is 0 Å². The molecule has 0 bridgehead atoms. The Balaban J connectivity index is 0.000000206. The summed E-state index contributed by atoms with van der Waals surface area (Å²) in [5, 5.41) is 0. The fourth-order valence-electron chi connectivity index (χ4n) is 0.940. The van der Waals surface area contributed by atoms with Crippen LogP contribution in [0.3, 0.4) is 0 Å². The van der Waals surface area contributed by atoms with Crippen molar-refractivity contribution in [2.75, 3.05) is 0 Å². The summed E-state index contributed by atoms with van der Waals surface area (Å²) in [6.45, 7) is 4.17. The van der Waals surface area contributed by atoms with Crippen LogP contribution in [0.2, 0.25) is 0 Å². The van der Waals surface area contributed by atoms with Gasteiger partial charge in [0.1, 0.15) is 0 Å². The summed E-state index contributed by atoms with van der Waals surface area (Å²) in [5.41, 5.74) is 2.69. The van der Waals surface area contributed by atoms with Gasteiger partial charge in [0.15, 0.2) is 0 Å². The summed E-state index contributed by atoms with van der Waals surface area (Å²) in [7, 11) is 0. The Kier molecular flexibility index (Phi) is 6.30. The second-order valence-corrected chi connectivity index (χ2v) is 2.92.